The monoisotopic (exact) mass is 308 g/mol. The van der Waals surface area contributed by atoms with Gasteiger partial charge in [-0.05, 0) is 64.7 Å². The van der Waals surface area contributed by atoms with Gasteiger partial charge in [-0.25, -0.2) is 4.98 Å². The third kappa shape index (κ3) is 3.68. The van der Waals surface area contributed by atoms with Gasteiger partial charge in [-0.3, -0.25) is 0 Å². The third-order valence-corrected chi connectivity index (χ3v) is 6.34. The Kier molecular flexibility index (Phi) is 4.84. The summed E-state index contributed by atoms with van der Waals surface area (Å²) in [6.07, 6.45) is 5.06. The molecule has 0 bridgehead atoms. The van der Waals surface area contributed by atoms with Crippen LogP contribution in [0.2, 0.25) is 0 Å². The lowest BCUT2D eigenvalue weighted by Crippen LogP contribution is -2.49. The van der Waals surface area contributed by atoms with E-state index in [0.29, 0.717) is 11.5 Å². The molecule has 0 saturated heterocycles. The van der Waals surface area contributed by atoms with Crippen molar-refractivity contribution in [3.8, 4) is 0 Å². The minimum absolute atomic E-state index is 0.111. The van der Waals surface area contributed by atoms with Gasteiger partial charge in [-0.2, -0.15) is 0 Å². The number of thiazole rings is 1. The summed E-state index contributed by atoms with van der Waals surface area (Å²) >= 11 is 1.90. The van der Waals surface area contributed by atoms with Crippen LogP contribution in [-0.4, -0.2) is 11.0 Å². The van der Waals surface area contributed by atoms with Gasteiger partial charge in [0.05, 0.1) is 11.2 Å². The van der Waals surface area contributed by atoms with Gasteiger partial charge in [-0.15, -0.1) is 11.3 Å². The van der Waals surface area contributed by atoms with Gasteiger partial charge in [0.15, 0.2) is 0 Å². The highest BCUT2D eigenvalue weighted by atomic mass is 32.1. The van der Waals surface area contributed by atoms with Crippen molar-refractivity contribution >= 4 is 11.3 Å². The summed E-state index contributed by atoms with van der Waals surface area (Å²) in [5.74, 6) is 0.835. The largest absolute Gasteiger partial charge is 0.303 e. The number of aromatic nitrogens is 1. The molecule has 120 valence electrons. The van der Waals surface area contributed by atoms with Crippen molar-refractivity contribution < 1.29 is 0 Å². The molecular weight excluding hydrogens is 276 g/mol. The maximum absolute atomic E-state index is 4.90. The topological polar surface area (TPSA) is 24.9 Å². The van der Waals surface area contributed by atoms with Crippen LogP contribution in [0.25, 0.3) is 0 Å². The van der Waals surface area contributed by atoms with Crippen molar-refractivity contribution in [3.05, 3.63) is 15.6 Å². The highest BCUT2D eigenvalue weighted by Crippen LogP contribution is 2.46. The molecule has 0 spiro atoms. The average molecular weight is 309 g/mol. The van der Waals surface area contributed by atoms with Crippen molar-refractivity contribution in [2.75, 3.05) is 0 Å². The molecule has 1 fully saturated rings. The van der Waals surface area contributed by atoms with Crippen molar-refractivity contribution in [1.29, 1.82) is 0 Å². The highest BCUT2D eigenvalue weighted by Gasteiger charge is 2.42. The average Bonchev–Trinajstić information content (AvgIpc) is 2.69. The van der Waals surface area contributed by atoms with Gasteiger partial charge in [0.25, 0.3) is 0 Å². The Morgan fingerprint density at radius 2 is 1.76 bits per heavy atom. The molecule has 1 aliphatic carbocycles. The molecule has 1 heterocycles. The van der Waals surface area contributed by atoms with Crippen LogP contribution in [0.15, 0.2) is 0 Å². The van der Waals surface area contributed by atoms with Crippen LogP contribution >= 0.6 is 11.3 Å². The summed E-state index contributed by atoms with van der Waals surface area (Å²) in [7, 11) is 0. The molecule has 1 aliphatic rings. The summed E-state index contributed by atoms with van der Waals surface area (Å²) in [5.41, 5.74) is 1.75. The molecule has 2 nitrogen and oxygen atoms in total. The Bertz CT molecular complexity index is 454. The molecule has 1 N–H and O–H groups in total. The Balaban J connectivity index is 2.25. The predicted octanol–water partition coefficient (Wildman–Crippen LogP) is 5.19. The van der Waals surface area contributed by atoms with Crippen molar-refractivity contribution in [3.63, 3.8) is 0 Å². The highest BCUT2D eigenvalue weighted by molar-refractivity contribution is 7.11. The van der Waals surface area contributed by atoms with Crippen LogP contribution in [-0.2, 0) is 5.54 Å². The second kappa shape index (κ2) is 6.00. The van der Waals surface area contributed by atoms with Crippen LogP contribution in [0, 0.1) is 25.2 Å². The zero-order valence-electron chi connectivity index (χ0n) is 14.8. The lowest BCUT2D eigenvalue weighted by molar-refractivity contribution is 0.107. The number of nitrogens with zero attached hydrogens (tertiary/aromatic N) is 1. The smallest absolute Gasteiger partial charge is 0.113 e. The Hall–Kier alpha value is -0.410. The third-order valence-electron chi connectivity index (χ3n) is 5.07. The molecule has 1 aromatic heterocycles. The molecule has 1 saturated carbocycles. The Labute approximate surface area is 134 Å². The molecular formula is C18H32N2S. The number of aryl methyl sites for hydroxylation is 2. The van der Waals surface area contributed by atoms with E-state index in [1.807, 2.05) is 11.3 Å². The molecule has 0 aliphatic heterocycles. The van der Waals surface area contributed by atoms with E-state index in [0.717, 1.165) is 5.92 Å². The second-order valence-electron chi connectivity index (χ2n) is 8.18. The number of rotatable bonds is 3. The molecule has 3 heteroatoms. The fourth-order valence-electron chi connectivity index (χ4n) is 3.63. The van der Waals surface area contributed by atoms with E-state index in [1.165, 1.54) is 41.3 Å². The minimum Gasteiger partial charge on any atom is -0.303 e. The van der Waals surface area contributed by atoms with E-state index in [4.69, 9.17) is 4.98 Å². The molecule has 0 unspecified atom stereocenters. The summed E-state index contributed by atoms with van der Waals surface area (Å²) in [5, 5.41) is 5.19. The fourth-order valence-corrected chi connectivity index (χ4v) is 4.75. The summed E-state index contributed by atoms with van der Waals surface area (Å²) < 4.78 is 0. The molecule has 1 aromatic rings. The number of hydrogen-bond acceptors (Lipinski definition) is 3. The molecule has 21 heavy (non-hydrogen) atoms. The van der Waals surface area contributed by atoms with E-state index in [2.05, 4.69) is 53.8 Å². The lowest BCUT2D eigenvalue weighted by atomic mass is 9.67. The van der Waals surface area contributed by atoms with E-state index < -0.39 is 0 Å². The standard InChI is InChI=1S/C18H32N2S/c1-12(2)20-18(16-19-13(3)14(4)21-16)10-8-15(9-11-18)17(5,6)7/h12,15,20H,8-11H2,1-7H3. The van der Waals surface area contributed by atoms with Crippen LogP contribution in [0.1, 0.15) is 75.9 Å². The summed E-state index contributed by atoms with van der Waals surface area (Å²) in [4.78, 5) is 6.27. The quantitative estimate of drug-likeness (QED) is 0.831. The fraction of sp³-hybridized carbons (Fsp3) is 0.833. The zero-order valence-corrected chi connectivity index (χ0v) is 15.7. The van der Waals surface area contributed by atoms with Crippen molar-refractivity contribution in [1.82, 2.24) is 10.3 Å². The van der Waals surface area contributed by atoms with E-state index >= 15 is 0 Å². The Morgan fingerprint density at radius 3 is 2.14 bits per heavy atom. The predicted molar refractivity (Wildman–Crippen MR) is 93.0 cm³/mol. The first-order chi connectivity index (χ1) is 9.64. The Morgan fingerprint density at radius 1 is 1.19 bits per heavy atom. The zero-order chi connectivity index (χ0) is 15.8. The van der Waals surface area contributed by atoms with Crippen molar-refractivity contribution in [2.45, 2.75) is 85.7 Å². The second-order valence-corrected chi connectivity index (χ2v) is 9.39. The molecule has 2 rings (SSSR count). The minimum atomic E-state index is 0.111. The maximum atomic E-state index is 4.90. The first-order valence-electron chi connectivity index (χ1n) is 8.36. The molecule has 0 atom stereocenters. The van der Waals surface area contributed by atoms with Gasteiger partial charge in [0, 0.05) is 10.9 Å². The van der Waals surface area contributed by atoms with Crippen LogP contribution in [0.4, 0.5) is 0 Å². The SMILES string of the molecule is Cc1nc(C2(NC(C)C)CCC(C(C)(C)C)CC2)sc1C. The maximum Gasteiger partial charge on any atom is 0.113 e. The number of nitrogens with one attached hydrogen (secondary N) is 1. The van der Waals surface area contributed by atoms with Crippen LogP contribution < -0.4 is 5.32 Å². The molecule has 0 aromatic carbocycles. The molecule has 0 amide bonds. The summed E-state index contributed by atoms with van der Waals surface area (Å²) in [6, 6.07) is 0.501. The normalized spacial score (nSPS) is 27.3. The first-order valence-corrected chi connectivity index (χ1v) is 9.18. The van der Waals surface area contributed by atoms with Crippen LogP contribution in [0.5, 0.6) is 0 Å². The van der Waals surface area contributed by atoms with Gasteiger partial charge >= 0.3 is 0 Å². The van der Waals surface area contributed by atoms with E-state index in [1.54, 1.807) is 0 Å². The van der Waals surface area contributed by atoms with Gasteiger partial charge in [0.1, 0.15) is 5.01 Å². The summed E-state index contributed by atoms with van der Waals surface area (Å²) in [6.45, 7) is 16.0. The van der Waals surface area contributed by atoms with Crippen molar-refractivity contribution in [2.24, 2.45) is 11.3 Å². The van der Waals surface area contributed by atoms with Crippen LogP contribution in [0.3, 0.4) is 0 Å². The van der Waals surface area contributed by atoms with Gasteiger partial charge in [-0.1, -0.05) is 20.8 Å². The van der Waals surface area contributed by atoms with Gasteiger partial charge < -0.3 is 5.32 Å². The first kappa shape index (κ1) is 17.0. The number of hydrogen-bond donors (Lipinski definition) is 1. The van der Waals surface area contributed by atoms with E-state index in [9.17, 15) is 0 Å². The van der Waals surface area contributed by atoms with Gasteiger partial charge in [0.2, 0.25) is 0 Å². The molecule has 0 radical (unpaired) electrons. The lowest BCUT2D eigenvalue weighted by Gasteiger charge is -2.44. The van der Waals surface area contributed by atoms with E-state index in [-0.39, 0.29) is 5.54 Å².